The number of carbonyl (C=O) groups excluding carboxylic acids is 1. The number of amides is 1. The maximum atomic E-state index is 12.3. The maximum Gasteiger partial charge on any atom is 0.263 e. The van der Waals surface area contributed by atoms with Crippen LogP contribution in [0.15, 0.2) is 4.52 Å². The summed E-state index contributed by atoms with van der Waals surface area (Å²) in [6, 6.07) is 0.347. The highest BCUT2D eigenvalue weighted by Gasteiger charge is 2.27. The number of fused-ring (bicyclic) bond motifs is 1. The van der Waals surface area contributed by atoms with Crippen LogP contribution in [-0.4, -0.2) is 40.2 Å². The lowest BCUT2D eigenvalue weighted by Crippen LogP contribution is -2.39. The fourth-order valence-electron chi connectivity index (χ4n) is 4.78. The van der Waals surface area contributed by atoms with Crippen LogP contribution in [-0.2, 0) is 11.2 Å². The third kappa shape index (κ3) is 4.13. The number of piperidine rings is 1. The first-order valence-corrected chi connectivity index (χ1v) is 10.7. The van der Waals surface area contributed by atoms with Crippen molar-refractivity contribution in [2.75, 3.05) is 18.0 Å². The van der Waals surface area contributed by atoms with Gasteiger partial charge in [-0.15, -0.1) is 0 Å². The summed E-state index contributed by atoms with van der Waals surface area (Å²) in [5.74, 6) is 2.90. The van der Waals surface area contributed by atoms with Crippen LogP contribution in [0.2, 0.25) is 0 Å². The summed E-state index contributed by atoms with van der Waals surface area (Å²) in [5, 5.41) is 8.15. The second-order valence-electron chi connectivity index (χ2n) is 8.81. The van der Waals surface area contributed by atoms with Crippen LogP contribution in [0.3, 0.4) is 0 Å². The van der Waals surface area contributed by atoms with Gasteiger partial charge in [0.15, 0.2) is 0 Å². The van der Waals surface area contributed by atoms with Gasteiger partial charge in [0.25, 0.3) is 5.71 Å². The summed E-state index contributed by atoms with van der Waals surface area (Å²) in [7, 11) is 0. The van der Waals surface area contributed by atoms with E-state index in [1.165, 1.54) is 19.3 Å². The number of aryl methyl sites for hydroxylation is 2. The van der Waals surface area contributed by atoms with Gasteiger partial charge in [-0.2, -0.15) is 4.98 Å². The van der Waals surface area contributed by atoms with E-state index in [0.29, 0.717) is 42.3 Å². The molecule has 2 fully saturated rings. The van der Waals surface area contributed by atoms with Gasteiger partial charge in [-0.25, -0.2) is 4.98 Å². The van der Waals surface area contributed by atoms with Gasteiger partial charge < -0.3 is 14.7 Å². The zero-order valence-corrected chi connectivity index (χ0v) is 17.2. The summed E-state index contributed by atoms with van der Waals surface area (Å²) >= 11 is 0. The molecule has 3 heterocycles. The van der Waals surface area contributed by atoms with Gasteiger partial charge in [0, 0.05) is 32.0 Å². The summed E-state index contributed by atoms with van der Waals surface area (Å²) < 4.78 is 5.46. The van der Waals surface area contributed by atoms with Crippen LogP contribution >= 0.6 is 0 Å². The Balaban J connectivity index is 1.53. The lowest BCUT2D eigenvalue weighted by molar-refractivity contribution is -0.121. The monoisotopic (exact) mass is 385 g/mol. The molecule has 7 heteroatoms. The van der Waals surface area contributed by atoms with Crippen molar-refractivity contribution >= 4 is 22.8 Å². The standard InChI is InChI=1S/C21H31N5O2/c1-13-10-14(2)12-26(11-13)20-19-15(3)25-28-21(19)24-17(23-20)8-9-18(27)22-16-6-4-5-7-16/h13-14,16H,4-12H2,1-3H3,(H,22,27)/t13-,14+. The number of rotatable bonds is 5. The van der Waals surface area contributed by atoms with Crippen LogP contribution in [0, 0.1) is 18.8 Å². The van der Waals surface area contributed by atoms with Gasteiger partial charge in [-0.1, -0.05) is 31.8 Å². The Bertz CT molecular complexity index is 833. The first kappa shape index (κ1) is 19.2. The molecule has 2 aliphatic rings. The molecule has 1 saturated carbocycles. The lowest BCUT2D eigenvalue weighted by atomic mass is 9.92. The van der Waals surface area contributed by atoms with Crippen LogP contribution in [0.25, 0.3) is 11.1 Å². The number of hydrogen-bond acceptors (Lipinski definition) is 6. The summed E-state index contributed by atoms with van der Waals surface area (Å²) in [5.41, 5.74) is 1.35. The zero-order chi connectivity index (χ0) is 19.7. The fraction of sp³-hybridized carbons (Fsp3) is 0.714. The SMILES string of the molecule is Cc1noc2nc(CCC(=O)NC3CCCC3)nc(N3C[C@H](C)C[C@H](C)C3)c12. The minimum atomic E-state index is 0.0890. The first-order chi connectivity index (χ1) is 13.5. The highest BCUT2D eigenvalue weighted by Crippen LogP contribution is 2.32. The van der Waals surface area contributed by atoms with Crippen molar-refractivity contribution in [1.29, 1.82) is 0 Å². The Morgan fingerprint density at radius 2 is 1.89 bits per heavy atom. The maximum absolute atomic E-state index is 12.3. The molecule has 2 aromatic rings. The van der Waals surface area contributed by atoms with Crippen LogP contribution in [0.4, 0.5) is 5.82 Å². The van der Waals surface area contributed by atoms with Gasteiger partial charge in [0.05, 0.1) is 5.69 Å². The lowest BCUT2D eigenvalue weighted by Gasteiger charge is -2.36. The molecule has 0 unspecified atom stereocenters. The molecule has 0 aromatic carbocycles. The van der Waals surface area contributed by atoms with Crippen molar-refractivity contribution in [2.24, 2.45) is 11.8 Å². The molecule has 28 heavy (non-hydrogen) atoms. The second-order valence-corrected chi connectivity index (χ2v) is 8.81. The number of nitrogens with zero attached hydrogens (tertiary/aromatic N) is 4. The van der Waals surface area contributed by atoms with E-state index < -0.39 is 0 Å². The van der Waals surface area contributed by atoms with E-state index in [2.05, 4.69) is 34.2 Å². The van der Waals surface area contributed by atoms with Gasteiger partial charge in [0.1, 0.15) is 17.0 Å². The molecule has 0 bridgehead atoms. The number of nitrogens with one attached hydrogen (secondary N) is 1. The third-order valence-corrected chi connectivity index (χ3v) is 6.00. The molecule has 1 N–H and O–H groups in total. The van der Waals surface area contributed by atoms with Gasteiger partial charge >= 0.3 is 0 Å². The van der Waals surface area contributed by atoms with Crippen molar-refractivity contribution < 1.29 is 9.32 Å². The molecule has 4 rings (SSSR count). The van der Waals surface area contributed by atoms with Gasteiger partial charge in [-0.05, 0) is 38.0 Å². The number of hydrogen-bond donors (Lipinski definition) is 1. The first-order valence-electron chi connectivity index (χ1n) is 10.7. The van der Waals surface area contributed by atoms with E-state index in [9.17, 15) is 4.79 Å². The Kier molecular flexibility index (Phi) is 5.51. The molecule has 2 atom stereocenters. The largest absolute Gasteiger partial charge is 0.355 e. The highest BCUT2D eigenvalue weighted by molar-refractivity contribution is 5.88. The molecule has 1 amide bonds. The molecule has 152 valence electrons. The normalized spacial score (nSPS) is 23.5. The van der Waals surface area contributed by atoms with Crippen LogP contribution < -0.4 is 10.2 Å². The minimum absolute atomic E-state index is 0.0890. The average Bonchev–Trinajstić information content (AvgIpc) is 3.28. The summed E-state index contributed by atoms with van der Waals surface area (Å²) in [6.07, 6.45) is 6.78. The van der Waals surface area contributed by atoms with Crippen molar-refractivity contribution in [2.45, 2.75) is 71.8 Å². The van der Waals surface area contributed by atoms with Gasteiger partial charge in [-0.3, -0.25) is 4.79 Å². The molecule has 0 spiro atoms. The highest BCUT2D eigenvalue weighted by atomic mass is 16.5. The molecular formula is C21H31N5O2. The Morgan fingerprint density at radius 3 is 2.61 bits per heavy atom. The molecular weight excluding hydrogens is 354 g/mol. The van der Waals surface area contributed by atoms with E-state index in [1.54, 1.807) is 0 Å². The topological polar surface area (TPSA) is 84.1 Å². The minimum Gasteiger partial charge on any atom is -0.355 e. The number of carbonyl (C=O) groups is 1. The van der Waals surface area contributed by atoms with Crippen LogP contribution in [0.5, 0.6) is 0 Å². The third-order valence-electron chi connectivity index (χ3n) is 6.00. The van der Waals surface area contributed by atoms with E-state index >= 15 is 0 Å². The predicted molar refractivity (Wildman–Crippen MR) is 108 cm³/mol. The molecule has 2 aromatic heterocycles. The summed E-state index contributed by atoms with van der Waals surface area (Å²) in [4.78, 5) is 24.1. The summed E-state index contributed by atoms with van der Waals surface area (Å²) in [6.45, 7) is 8.46. The predicted octanol–water partition coefficient (Wildman–Crippen LogP) is 3.40. The number of aromatic nitrogens is 3. The van der Waals surface area contributed by atoms with E-state index in [0.717, 1.165) is 42.8 Å². The average molecular weight is 386 g/mol. The Labute approximate surface area is 166 Å². The van der Waals surface area contributed by atoms with Crippen molar-refractivity contribution in [1.82, 2.24) is 20.4 Å². The van der Waals surface area contributed by atoms with Gasteiger partial charge in [0.2, 0.25) is 5.91 Å². The smallest absolute Gasteiger partial charge is 0.263 e. The van der Waals surface area contributed by atoms with Crippen molar-refractivity contribution in [3.63, 3.8) is 0 Å². The Morgan fingerprint density at radius 1 is 1.18 bits per heavy atom. The van der Waals surface area contributed by atoms with Crippen molar-refractivity contribution in [3.05, 3.63) is 11.5 Å². The molecule has 1 aliphatic carbocycles. The van der Waals surface area contributed by atoms with E-state index in [4.69, 9.17) is 9.51 Å². The molecule has 0 radical (unpaired) electrons. The van der Waals surface area contributed by atoms with Crippen molar-refractivity contribution in [3.8, 4) is 0 Å². The van der Waals surface area contributed by atoms with E-state index in [1.807, 2.05) is 6.92 Å². The zero-order valence-electron chi connectivity index (χ0n) is 17.2. The number of anilines is 1. The fourth-order valence-corrected chi connectivity index (χ4v) is 4.78. The molecule has 1 aliphatic heterocycles. The second kappa shape index (κ2) is 8.05. The van der Waals surface area contributed by atoms with Crippen LogP contribution in [0.1, 0.15) is 63.9 Å². The van der Waals surface area contributed by atoms with E-state index in [-0.39, 0.29) is 5.91 Å². The molecule has 7 nitrogen and oxygen atoms in total. The Hall–Kier alpha value is -2.18. The quantitative estimate of drug-likeness (QED) is 0.849. The molecule has 1 saturated heterocycles.